The van der Waals surface area contributed by atoms with Crippen molar-refractivity contribution in [2.75, 3.05) is 0 Å². The van der Waals surface area contributed by atoms with Crippen molar-refractivity contribution in [3.63, 3.8) is 0 Å². The van der Waals surface area contributed by atoms with E-state index in [-0.39, 0.29) is 6.04 Å². The van der Waals surface area contributed by atoms with Gasteiger partial charge in [0, 0.05) is 6.21 Å². The van der Waals surface area contributed by atoms with Gasteiger partial charge in [0.15, 0.2) is 0 Å². The predicted octanol–water partition coefficient (Wildman–Crippen LogP) is 5.12. The molecule has 0 bridgehead atoms. The van der Waals surface area contributed by atoms with Gasteiger partial charge in [0.1, 0.15) is 0 Å². The molecule has 0 spiro atoms. The van der Waals surface area contributed by atoms with Gasteiger partial charge in [0.25, 0.3) is 0 Å². The molecule has 0 saturated carbocycles. The van der Waals surface area contributed by atoms with E-state index in [1.165, 1.54) is 5.56 Å². The Morgan fingerprint density at radius 2 is 1.58 bits per heavy atom. The highest BCUT2D eigenvalue weighted by atomic mass is 14.8. The number of rotatable bonds is 1. The second-order valence-corrected chi connectivity index (χ2v) is 5.19. The highest BCUT2D eigenvalue weighted by Crippen LogP contribution is 2.22. The minimum absolute atomic E-state index is 0.267. The van der Waals surface area contributed by atoms with Gasteiger partial charge < -0.3 is 0 Å². The molecule has 1 heteroatoms. The zero-order chi connectivity index (χ0) is 13.3. The molecule has 0 N–H and O–H groups in total. The van der Waals surface area contributed by atoms with Crippen molar-refractivity contribution < 1.29 is 0 Å². The van der Waals surface area contributed by atoms with Gasteiger partial charge in [0.05, 0.1) is 6.04 Å². The van der Waals surface area contributed by atoms with Crippen LogP contribution in [0.25, 0.3) is 0 Å². The molecule has 0 radical (unpaired) electrons. The number of allylic oxidation sites excluding steroid dienone is 3. The first-order chi connectivity index (χ1) is 9.36. The maximum Gasteiger partial charge on any atom is 0.0779 e. The summed E-state index contributed by atoms with van der Waals surface area (Å²) in [5.74, 6) is 0.519. The molecule has 0 saturated heterocycles. The van der Waals surface area contributed by atoms with Gasteiger partial charge in [-0.15, -0.1) is 0 Å². The van der Waals surface area contributed by atoms with Crippen LogP contribution in [0.3, 0.4) is 0 Å². The Kier molecular flexibility index (Phi) is 5.61. The second-order valence-electron chi connectivity index (χ2n) is 5.19. The lowest BCUT2D eigenvalue weighted by molar-refractivity contribution is 0.720. The van der Waals surface area contributed by atoms with E-state index in [1.54, 1.807) is 0 Å². The number of aliphatic imine (C=N–C) groups is 1. The van der Waals surface area contributed by atoms with Gasteiger partial charge in [-0.05, 0) is 37.2 Å². The van der Waals surface area contributed by atoms with Crippen molar-refractivity contribution in [3.05, 3.63) is 60.2 Å². The molecule has 2 atom stereocenters. The van der Waals surface area contributed by atoms with Crippen LogP contribution in [0, 0.1) is 5.92 Å². The first-order valence-corrected chi connectivity index (χ1v) is 7.24. The molecule has 0 aromatic heterocycles. The van der Waals surface area contributed by atoms with Gasteiger partial charge in [-0.2, -0.15) is 0 Å². The number of benzene rings is 1. The quantitative estimate of drug-likeness (QED) is 0.616. The van der Waals surface area contributed by atoms with Crippen molar-refractivity contribution in [1.29, 1.82) is 0 Å². The molecule has 1 aromatic carbocycles. The fourth-order valence-electron chi connectivity index (χ4n) is 2.23. The van der Waals surface area contributed by atoms with Crippen LogP contribution in [-0.2, 0) is 0 Å². The summed E-state index contributed by atoms with van der Waals surface area (Å²) in [6.07, 6.45) is 15.6. The minimum Gasteiger partial charge on any atom is -0.289 e. The van der Waals surface area contributed by atoms with Crippen LogP contribution in [0.2, 0.25) is 0 Å². The Morgan fingerprint density at radius 1 is 0.895 bits per heavy atom. The average molecular weight is 253 g/mol. The molecule has 19 heavy (non-hydrogen) atoms. The van der Waals surface area contributed by atoms with Crippen LogP contribution in [0.15, 0.2) is 59.6 Å². The summed E-state index contributed by atoms with van der Waals surface area (Å²) < 4.78 is 0. The van der Waals surface area contributed by atoms with Crippen LogP contribution >= 0.6 is 0 Å². The maximum absolute atomic E-state index is 4.80. The van der Waals surface area contributed by atoms with Gasteiger partial charge in [-0.25, -0.2) is 0 Å². The Labute approximate surface area is 116 Å². The third-order valence-corrected chi connectivity index (χ3v) is 3.41. The van der Waals surface area contributed by atoms with Crippen molar-refractivity contribution in [3.8, 4) is 0 Å². The third-order valence-electron chi connectivity index (χ3n) is 3.41. The minimum atomic E-state index is 0.267. The van der Waals surface area contributed by atoms with E-state index in [4.69, 9.17) is 4.99 Å². The fraction of sp³-hybridized carbons (Fsp3) is 0.389. The molecule has 1 aliphatic rings. The fourth-order valence-corrected chi connectivity index (χ4v) is 2.23. The summed E-state index contributed by atoms with van der Waals surface area (Å²) in [6, 6.07) is 10.9. The first kappa shape index (κ1) is 13.8. The summed E-state index contributed by atoms with van der Waals surface area (Å²) in [4.78, 5) is 4.80. The van der Waals surface area contributed by atoms with Crippen LogP contribution in [0.4, 0.5) is 0 Å². The molecule has 1 heterocycles. The van der Waals surface area contributed by atoms with E-state index < -0.39 is 0 Å². The zero-order valence-electron chi connectivity index (χ0n) is 11.7. The number of nitrogens with zero attached hydrogens (tertiary/aromatic N) is 1. The molecule has 0 fully saturated rings. The van der Waals surface area contributed by atoms with Crippen LogP contribution in [-0.4, -0.2) is 6.21 Å². The highest BCUT2D eigenvalue weighted by molar-refractivity contribution is 5.61. The number of hydrogen-bond donors (Lipinski definition) is 0. The number of hydrogen-bond acceptors (Lipinski definition) is 1. The van der Waals surface area contributed by atoms with Gasteiger partial charge in [-0.3, -0.25) is 4.99 Å². The molecule has 1 aromatic rings. The Hall–Kier alpha value is -1.63. The van der Waals surface area contributed by atoms with Gasteiger partial charge in [-0.1, -0.05) is 61.6 Å². The molecule has 2 unspecified atom stereocenters. The lowest BCUT2D eigenvalue weighted by Crippen LogP contribution is -2.00. The lowest BCUT2D eigenvalue weighted by Gasteiger charge is -2.12. The Balaban J connectivity index is 2.14. The predicted molar refractivity (Wildman–Crippen MR) is 83.6 cm³/mol. The van der Waals surface area contributed by atoms with Crippen molar-refractivity contribution in [2.45, 2.75) is 38.6 Å². The molecular formula is C18H23N. The summed E-state index contributed by atoms with van der Waals surface area (Å²) in [7, 11) is 0. The van der Waals surface area contributed by atoms with Crippen LogP contribution in [0.5, 0.6) is 0 Å². The summed E-state index contributed by atoms with van der Waals surface area (Å²) >= 11 is 0. The van der Waals surface area contributed by atoms with Crippen molar-refractivity contribution >= 4 is 6.21 Å². The highest BCUT2D eigenvalue weighted by Gasteiger charge is 2.07. The van der Waals surface area contributed by atoms with E-state index in [2.05, 4.69) is 67.8 Å². The summed E-state index contributed by atoms with van der Waals surface area (Å²) in [5.41, 5.74) is 1.31. The van der Waals surface area contributed by atoms with Crippen molar-refractivity contribution in [2.24, 2.45) is 10.9 Å². The SMILES string of the molecule is CC1C=NC(c2ccccc2)CC=CCCC=CC1. The average Bonchev–Trinajstić information content (AvgIpc) is 2.44. The van der Waals surface area contributed by atoms with E-state index in [1.807, 2.05) is 0 Å². The molecular weight excluding hydrogens is 230 g/mol. The third kappa shape index (κ3) is 4.86. The van der Waals surface area contributed by atoms with Gasteiger partial charge in [0.2, 0.25) is 0 Å². The molecule has 0 aliphatic carbocycles. The van der Waals surface area contributed by atoms with Gasteiger partial charge >= 0.3 is 0 Å². The summed E-state index contributed by atoms with van der Waals surface area (Å²) in [5, 5.41) is 0. The van der Waals surface area contributed by atoms with Crippen LogP contribution in [0.1, 0.15) is 44.2 Å². The Bertz CT molecular complexity index is 442. The van der Waals surface area contributed by atoms with E-state index in [0.29, 0.717) is 5.92 Å². The van der Waals surface area contributed by atoms with E-state index >= 15 is 0 Å². The maximum atomic E-state index is 4.80. The largest absolute Gasteiger partial charge is 0.289 e. The Morgan fingerprint density at radius 3 is 2.32 bits per heavy atom. The smallest absolute Gasteiger partial charge is 0.0779 e. The molecule has 1 nitrogen and oxygen atoms in total. The second kappa shape index (κ2) is 7.73. The first-order valence-electron chi connectivity index (χ1n) is 7.24. The van der Waals surface area contributed by atoms with Crippen molar-refractivity contribution in [1.82, 2.24) is 0 Å². The zero-order valence-corrected chi connectivity index (χ0v) is 11.7. The molecule has 100 valence electrons. The normalized spacial score (nSPS) is 24.7. The molecule has 0 amide bonds. The molecule has 1 aliphatic heterocycles. The standard InChI is InChI=1S/C18H23N/c1-16-11-7-4-2-3-5-10-14-18(19-15-16)17-12-8-6-9-13-17/h4-10,12-13,15-16,18H,2-3,11,14H2,1H3. The lowest BCUT2D eigenvalue weighted by atomic mass is 10.0. The van der Waals surface area contributed by atoms with E-state index in [0.717, 1.165) is 25.7 Å². The molecule has 2 rings (SSSR count). The topological polar surface area (TPSA) is 12.4 Å². The monoisotopic (exact) mass is 253 g/mol. The van der Waals surface area contributed by atoms with Crippen LogP contribution < -0.4 is 0 Å². The van der Waals surface area contributed by atoms with E-state index in [9.17, 15) is 0 Å². The summed E-state index contributed by atoms with van der Waals surface area (Å²) in [6.45, 7) is 2.23.